The van der Waals surface area contributed by atoms with E-state index >= 15 is 0 Å². The predicted octanol–water partition coefficient (Wildman–Crippen LogP) is 5.68. The van der Waals surface area contributed by atoms with E-state index < -0.39 is 24.0 Å². The summed E-state index contributed by atoms with van der Waals surface area (Å²) in [6, 6.07) is 29.8. The number of carboxylic acid groups (broad SMARTS) is 2. The molecule has 0 aromatic heterocycles. The third kappa shape index (κ3) is 9.71. The molecule has 208 valence electrons. The molecule has 0 aliphatic rings. The van der Waals surface area contributed by atoms with Crippen LogP contribution in [0.25, 0.3) is 11.1 Å². The molecule has 7 nitrogen and oxygen atoms in total. The quantitative estimate of drug-likeness (QED) is 0.257. The van der Waals surface area contributed by atoms with Gasteiger partial charge in [-0.25, -0.2) is 4.79 Å². The average molecular weight is 534 g/mol. The first-order valence-corrected chi connectivity index (χ1v) is 13.0. The van der Waals surface area contributed by atoms with Crippen molar-refractivity contribution in [2.75, 3.05) is 27.2 Å². The number of hydrogen-bond donors (Lipinski definition) is 3. The van der Waals surface area contributed by atoms with Crippen molar-refractivity contribution < 1.29 is 29.6 Å². The van der Waals surface area contributed by atoms with Gasteiger partial charge in [0.1, 0.15) is 12.4 Å². The molecule has 1 atom stereocenters. The van der Waals surface area contributed by atoms with Crippen molar-refractivity contribution in [3.63, 3.8) is 0 Å². The highest BCUT2D eigenvalue weighted by molar-refractivity contribution is 5.98. The molecule has 0 amide bonds. The Balaban J connectivity index is 0.000000411. The first kappa shape index (κ1) is 31.3. The van der Waals surface area contributed by atoms with Crippen LogP contribution in [0.2, 0.25) is 0 Å². The molecule has 0 fully saturated rings. The normalized spacial score (nSPS) is 13.0. The Labute approximate surface area is 231 Å². The van der Waals surface area contributed by atoms with Crippen LogP contribution in [0.1, 0.15) is 49.8 Å². The minimum atomic E-state index is -2.12. The maximum absolute atomic E-state index is 10.3. The second-order valence-electron chi connectivity index (χ2n) is 9.38. The van der Waals surface area contributed by atoms with Crippen LogP contribution in [-0.2, 0) is 9.59 Å². The Bertz CT molecular complexity index is 1210. The van der Waals surface area contributed by atoms with E-state index in [9.17, 15) is 9.59 Å². The van der Waals surface area contributed by atoms with E-state index in [-0.39, 0.29) is 6.42 Å². The lowest BCUT2D eigenvalue weighted by atomic mass is 9.88. The summed E-state index contributed by atoms with van der Waals surface area (Å²) in [6.07, 6.45) is 0.0861. The summed E-state index contributed by atoms with van der Waals surface area (Å²) in [4.78, 5) is 22.5. The molecule has 0 aliphatic heterocycles. The van der Waals surface area contributed by atoms with Crippen molar-refractivity contribution in [3.8, 4) is 5.75 Å². The Morgan fingerprint density at radius 1 is 0.795 bits per heavy atom. The zero-order chi connectivity index (χ0) is 28.8. The topological polar surface area (TPSA) is 107 Å². The van der Waals surface area contributed by atoms with Crippen molar-refractivity contribution in [1.82, 2.24) is 4.90 Å². The third-order valence-electron chi connectivity index (χ3n) is 6.22. The van der Waals surface area contributed by atoms with Crippen molar-refractivity contribution in [2.45, 2.75) is 38.7 Å². The second-order valence-corrected chi connectivity index (χ2v) is 9.38. The number of aliphatic carboxylic acids is 2. The number of aliphatic hydroxyl groups is 1. The molecule has 3 rings (SSSR count). The summed E-state index contributed by atoms with van der Waals surface area (Å²) in [6.45, 7) is 5.24. The largest absolute Gasteiger partial charge is 0.492 e. The first-order valence-electron chi connectivity index (χ1n) is 13.0. The van der Waals surface area contributed by atoms with Crippen molar-refractivity contribution in [2.24, 2.45) is 0 Å². The number of benzene rings is 3. The summed E-state index contributed by atoms with van der Waals surface area (Å²) >= 11 is 0. The van der Waals surface area contributed by atoms with Crippen LogP contribution < -0.4 is 4.74 Å². The van der Waals surface area contributed by atoms with Crippen LogP contribution in [0.4, 0.5) is 0 Å². The van der Waals surface area contributed by atoms with Crippen molar-refractivity contribution in [3.05, 3.63) is 102 Å². The molecule has 0 heterocycles. The number of rotatable bonds is 12. The van der Waals surface area contributed by atoms with Gasteiger partial charge in [-0.2, -0.15) is 0 Å². The van der Waals surface area contributed by atoms with E-state index in [2.05, 4.69) is 111 Å². The van der Waals surface area contributed by atoms with Gasteiger partial charge in [0.15, 0.2) is 5.60 Å². The van der Waals surface area contributed by atoms with Gasteiger partial charge in [0.25, 0.3) is 0 Å². The van der Waals surface area contributed by atoms with Gasteiger partial charge in [-0.05, 0) is 66.9 Å². The third-order valence-corrected chi connectivity index (χ3v) is 6.22. The number of carbonyl (C=O) groups is 2. The van der Waals surface area contributed by atoms with E-state index in [0.717, 1.165) is 18.7 Å². The lowest BCUT2D eigenvalue weighted by molar-refractivity contribution is -0.165. The highest BCUT2D eigenvalue weighted by atomic mass is 16.5. The molecular formula is C32H39NO6. The lowest BCUT2D eigenvalue weighted by Crippen LogP contribution is -2.39. The fourth-order valence-electron chi connectivity index (χ4n) is 3.95. The highest BCUT2D eigenvalue weighted by Gasteiger charge is 2.36. The number of carboxylic acids is 2. The number of allylic oxidation sites excluding steroid dienone is 1. The van der Waals surface area contributed by atoms with Gasteiger partial charge in [-0.3, -0.25) is 4.79 Å². The van der Waals surface area contributed by atoms with Gasteiger partial charge in [-0.15, -0.1) is 0 Å². The van der Waals surface area contributed by atoms with Crippen molar-refractivity contribution >= 4 is 23.1 Å². The van der Waals surface area contributed by atoms with E-state index in [1.54, 1.807) is 0 Å². The smallest absolute Gasteiger partial charge is 0.336 e. The van der Waals surface area contributed by atoms with E-state index in [1.165, 1.54) is 34.8 Å². The maximum atomic E-state index is 10.3. The molecule has 0 saturated heterocycles. The summed E-state index contributed by atoms with van der Waals surface area (Å²) in [5.74, 6) is -1.91. The van der Waals surface area contributed by atoms with Gasteiger partial charge in [0.05, 0.1) is 6.42 Å². The van der Waals surface area contributed by atoms with Crippen LogP contribution in [0.15, 0.2) is 84.9 Å². The molecule has 0 radical (unpaired) electrons. The van der Waals surface area contributed by atoms with Crippen LogP contribution in [-0.4, -0.2) is 65.0 Å². The average Bonchev–Trinajstić information content (AvgIpc) is 2.93. The van der Waals surface area contributed by atoms with Crippen LogP contribution in [0.5, 0.6) is 5.75 Å². The Morgan fingerprint density at radius 3 is 1.72 bits per heavy atom. The predicted molar refractivity (Wildman–Crippen MR) is 155 cm³/mol. The molecule has 3 aromatic rings. The van der Waals surface area contributed by atoms with Gasteiger partial charge in [-0.1, -0.05) is 86.6 Å². The summed E-state index contributed by atoms with van der Waals surface area (Å²) < 4.78 is 5.87. The fourth-order valence-corrected chi connectivity index (χ4v) is 3.95. The number of ether oxygens (including phenoxy) is 1. The number of nitrogens with zero attached hydrogens (tertiary/aromatic N) is 1. The number of hydrogen-bond acceptors (Lipinski definition) is 5. The van der Waals surface area contributed by atoms with Crippen LogP contribution >= 0.6 is 0 Å². The minimum absolute atomic E-state index is 0.116. The monoisotopic (exact) mass is 533 g/mol. The standard InChI is InChI=1S/C26H29NO.C6H10O5/c1-4-25(21-11-7-5-8-12-21)26(22-13-9-6-10-14-22)23-15-17-24(18-16-23)28-20-19-27(2)3;1-2-6(11,5(9)10)3-4(7)8/h5-18H,4,19-20H2,1-3H3;11H,2-3H2,1H3,(H,7,8)(H,9,10)/b26-25-;. The minimum Gasteiger partial charge on any atom is -0.492 e. The molecule has 3 aromatic carbocycles. The molecule has 7 heteroatoms. The summed E-state index contributed by atoms with van der Waals surface area (Å²) in [5, 5.41) is 25.7. The fraction of sp³-hybridized carbons (Fsp3) is 0.312. The van der Waals surface area contributed by atoms with E-state index in [4.69, 9.17) is 20.1 Å². The lowest BCUT2D eigenvalue weighted by Gasteiger charge is -2.18. The molecule has 0 saturated carbocycles. The Hall–Kier alpha value is -3.94. The summed E-state index contributed by atoms with van der Waals surface area (Å²) in [7, 11) is 4.11. The first-order chi connectivity index (χ1) is 18.6. The van der Waals surface area contributed by atoms with Gasteiger partial charge >= 0.3 is 11.9 Å². The van der Waals surface area contributed by atoms with Gasteiger partial charge < -0.3 is 25.0 Å². The zero-order valence-electron chi connectivity index (χ0n) is 23.1. The highest BCUT2D eigenvalue weighted by Crippen LogP contribution is 2.34. The van der Waals surface area contributed by atoms with Gasteiger partial charge in [0.2, 0.25) is 0 Å². The zero-order valence-corrected chi connectivity index (χ0v) is 23.1. The molecule has 0 spiro atoms. The molecule has 1 unspecified atom stereocenters. The van der Waals surface area contributed by atoms with Crippen LogP contribution in [0, 0.1) is 0 Å². The van der Waals surface area contributed by atoms with E-state index in [0.29, 0.717) is 6.61 Å². The number of likely N-dealkylation sites (N-methyl/N-ethyl adjacent to an activating group) is 1. The van der Waals surface area contributed by atoms with Crippen molar-refractivity contribution in [1.29, 1.82) is 0 Å². The molecular weight excluding hydrogens is 494 g/mol. The maximum Gasteiger partial charge on any atom is 0.336 e. The summed E-state index contributed by atoms with van der Waals surface area (Å²) in [5.41, 5.74) is 4.25. The Kier molecular flexibility index (Phi) is 12.4. The molecule has 39 heavy (non-hydrogen) atoms. The van der Waals surface area contributed by atoms with E-state index in [1.807, 2.05) is 0 Å². The van der Waals surface area contributed by atoms with Crippen LogP contribution in [0.3, 0.4) is 0 Å². The Morgan fingerprint density at radius 2 is 1.31 bits per heavy atom. The molecule has 0 bridgehead atoms. The SMILES string of the molecule is CC/C(=C(\c1ccccc1)c1ccc(OCCN(C)C)cc1)c1ccccc1.CCC(O)(CC(=O)O)C(=O)O. The molecule has 0 aliphatic carbocycles. The second kappa shape index (κ2) is 15.5. The molecule has 3 N–H and O–H groups in total. The van der Waals surface area contributed by atoms with Gasteiger partial charge in [0, 0.05) is 6.54 Å².